The number of carbonyl (C=O) groups excluding carboxylic acids is 1. The third kappa shape index (κ3) is 3.22. The minimum Gasteiger partial charge on any atom is -0.337 e. The molecular formula is C18H20N6O2. The van der Waals surface area contributed by atoms with Gasteiger partial charge in [0.25, 0.3) is 11.8 Å². The number of nitrogens with zero attached hydrogens (tertiary/aromatic N) is 6. The first-order chi connectivity index (χ1) is 12.7. The Bertz CT molecular complexity index is 893. The van der Waals surface area contributed by atoms with Gasteiger partial charge in [-0.1, -0.05) is 12.1 Å². The van der Waals surface area contributed by atoms with Crippen molar-refractivity contribution in [2.75, 3.05) is 13.1 Å². The Morgan fingerprint density at radius 2 is 2.08 bits per heavy atom. The normalized spacial score (nSPS) is 14.1. The fourth-order valence-corrected chi connectivity index (χ4v) is 3.00. The minimum atomic E-state index is -0.0211. The molecule has 0 aliphatic carbocycles. The fraction of sp³-hybridized carbons (Fsp3) is 0.389. The van der Waals surface area contributed by atoms with E-state index < -0.39 is 0 Å². The van der Waals surface area contributed by atoms with Crippen molar-refractivity contribution >= 4 is 5.91 Å². The standard InChI is InChI=1S/C18H20N6O2/c1-2-5-15-21-17(26-22-15)13-6-7-16(19-10-13)24-11-14(20-12-24)18(25)23-8-3-4-9-23/h6-7,10-12H,2-5,8-9H2,1H3. The van der Waals surface area contributed by atoms with E-state index in [2.05, 4.69) is 27.0 Å². The number of aryl methyl sites for hydroxylation is 1. The molecular weight excluding hydrogens is 332 g/mol. The smallest absolute Gasteiger partial charge is 0.274 e. The van der Waals surface area contributed by atoms with Crippen LogP contribution < -0.4 is 0 Å². The van der Waals surface area contributed by atoms with Crippen LogP contribution in [0.1, 0.15) is 42.5 Å². The van der Waals surface area contributed by atoms with E-state index in [1.165, 1.54) is 0 Å². The molecule has 0 spiro atoms. The number of likely N-dealkylation sites (tertiary alicyclic amines) is 1. The minimum absolute atomic E-state index is 0.0211. The molecule has 0 radical (unpaired) electrons. The second-order valence-corrected chi connectivity index (χ2v) is 6.34. The number of hydrogen-bond donors (Lipinski definition) is 0. The van der Waals surface area contributed by atoms with Crippen molar-refractivity contribution in [3.63, 3.8) is 0 Å². The zero-order valence-corrected chi connectivity index (χ0v) is 14.6. The Hall–Kier alpha value is -3.03. The number of carbonyl (C=O) groups is 1. The molecule has 0 saturated carbocycles. The van der Waals surface area contributed by atoms with Crippen LogP contribution in [0.2, 0.25) is 0 Å². The molecule has 1 amide bonds. The van der Waals surface area contributed by atoms with Gasteiger partial charge in [-0.15, -0.1) is 0 Å². The van der Waals surface area contributed by atoms with Crippen LogP contribution in [0.25, 0.3) is 17.3 Å². The zero-order chi connectivity index (χ0) is 17.9. The molecule has 8 heteroatoms. The average molecular weight is 352 g/mol. The highest BCUT2D eigenvalue weighted by Crippen LogP contribution is 2.18. The number of aromatic nitrogens is 5. The predicted molar refractivity (Wildman–Crippen MR) is 93.8 cm³/mol. The molecule has 0 aromatic carbocycles. The summed E-state index contributed by atoms with van der Waals surface area (Å²) >= 11 is 0. The van der Waals surface area contributed by atoms with Crippen molar-refractivity contribution in [1.29, 1.82) is 0 Å². The predicted octanol–water partition coefficient (Wildman–Crippen LogP) is 2.51. The molecule has 0 N–H and O–H groups in total. The molecule has 0 atom stereocenters. The lowest BCUT2D eigenvalue weighted by molar-refractivity contribution is 0.0787. The highest BCUT2D eigenvalue weighted by atomic mass is 16.5. The lowest BCUT2D eigenvalue weighted by Gasteiger charge is -2.12. The quantitative estimate of drug-likeness (QED) is 0.701. The summed E-state index contributed by atoms with van der Waals surface area (Å²) in [5.41, 5.74) is 1.20. The monoisotopic (exact) mass is 352 g/mol. The van der Waals surface area contributed by atoms with Gasteiger partial charge >= 0.3 is 0 Å². The van der Waals surface area contributed by atoms with Crippen LogP contribution >= 0.6 is 0 Å². The van der Waals surface area contributed by atoms with Crippen molar-refractivity contribution in [1.82, 2.24) is 29.6 Å². The molecule has 4 rings (SSSR count). The van der Waals surface area contributed by atoms with Crippen LogP contribution in [0.5, 0.6) is 0 Å². The lowest BCUT2D eigenvalue weighted by Crippen LogP contribution is -2.27. The SMILES string of the molecule is CCCc1noc(-c2ccc(-n3cnc(C(=O)N4CCCC4)c3)nc2)n1. The van der Waals surface area contributed by atoms with E-state index in [4.69, 9.17) is 4.52 Å². The van der Waals surface area contributed by atoms with Crippen LogP contribution in [0, 0.1) is 0 Å². The van der Waals surface area contributed by atoms with Gasteiger partial charge in [0.2, 0.25) is 0 Å². The third-order valence-corrected chi connectivity index (χ3v) is 4.40. The maximum Gasteiger partial charge on any atom is 0.274 e. The summed E-state index contributed by atoms with van der Waals surface area (Å²) in [5, 5.41) is 3.95. The van der Waals surface area contributed by atoms with Gasteiger partial charge in [0.1, 0.15) is 17.8 Å². The van der Waals surface area contributed by atoms with Gasteiger partial charge in [-0.05, 0) is 31.4 Å². The van der Waals surface area contributed by atoms with Gasteiger partial charge in [0, 0.05) is 31.9 Å². The summed E-state index contributed by atoms with van der Waals surface area (Å²) in [6.45, 7) is 3.69. The Morgan fingerprint density at radius 3 is 2.81 bits per heavy atom. The van der Waals surface area contributed by atoms with E-state index in [0.717, 1.165) is 44.3 Å². The van der Waals surface area contributed by atoms with Crippen molar-refractivity contribution in [2.24, 2.45) is 0 Å². The third-order valence-electron chi connectivity index (χ3n) is 4.40. The molecule has 134 valence electrons. The maximum atomic E-state index is 12.4. The topological polar surface area (TPSA) is 89.9 Å². The van der Waals surface area contributed by atoms with Gasteiger partial charge < -0.3 is 9.42 Å². The van der Waals surface area contributed by atoms with Gasteiger partial charge in [0.05, 0.1) is 5.56 Å². The molecule has 1 aliphatic heterocycles. The number of pyridine rings is 1. The van der Waals surface area contributed by atoms with Crippen LogP contribution in [-0.2, 0) is 6.42 Å². The van der Waals surface area contributed by atoms with Gasteiger partial charge in [-0.25, -0.2) is 9.97 Å². The average Bonchev–Trinajstić information content (AvgIpc) is 3.42. The van der Waals surface area contributed by atoms with E-state index in [1.54, 1.807) is 23.3 Å². The summed E-state index contributed by atoms with van der Waals surface area (Å²) in [6, 6.07) is 3.71. The second kappa shape index (κ2) is 7.07. The number of amides is 1. The van der Waals surface area contributed by atoms with Crippen LogP contribution in [0.15, 0.2) is 35.4 Å². The molecule has 1 saturated heterocycles. The Balaban J connectivity index is 1.50. The Morgan fingerprint density at radius 1 is 1.23 bits per heavy atom. The van der Waals surface area contributed by atoms with Crippen LogP contribution in [0.4, 0.5) is 0 Å². The molecule has 3 aromatic heterocycles. The highest BCUT2D eigenvalue weighted by molar-refractivity contribution is 5.92. The van der Waals surface area contributed by atoms with Crippen LogP contribution in [0.3, 0.4) is 0 Å². The first kappa shape index (κ1) is 16.4. The fourth-order valence-electron chi connectivity index (χ4n) is 3.00. The van der Waals surface area contributed by atoms with E-state index >= 15 is 0 Å². The van der Waals surface area contributed by atoms with Crippen LogP contribution in [-0.4, -0.2) is 48.6 Å². The van der Waals surface area contributed by atoms with Crippen molar-refractivity contribution in [2.45, 2.75) is 32.6 Å². The molecule has 3 aromatic rings. The van der Waals surface area contributed by atoms with E-state index in [0.29, 0.717) is 23.2 Å². The first-order valence-electron chi connectivity index (χ1n) is 8.87. The van der Waals surface area contributed by atoms with E-state index in [1.807, 2.05) is 17.0 Å². The molecule has 8 nitrogen and oxygen atoms in total. The summed E-state index contributed by atoms with van der Waals surface area (Å²) in [4.78, 5) is 27.2. The first-order valence-corrected chi connectivity index (χ1v) is 8.87. The lowest BCUT2D eigenvalue weighted by atomic mass is 10.3. The summed E-state index contributed by atoms with van der Waals surface area (Å²) < 4.78 is 7.01. The summed E-state index contributed by atoms with van der Waals surface area (Å²) in [7, 11) is 0. The number of rotatable bonds is 5. The number of imidazole rings is 1. The van der Waals surface area contributed by atoms with E-state index in [-0.39, 0.29) is 5.91 Å². The molecule has 0 bridgehead atoms. The summed E-state index contributed by atoms with van der Waals surface area (Å²) in [6.07, 6.45) is 8.88. The van der Waals surface area contributed by atoms with Crippen molar-refractivity contribution in [3.8, 4) is 17.3 Å². The largest absolute Gasteiger partial charge is 0.337 e. The molecule has 26 heavy (non-hydrogen) atoms. The molecule has 4 heterocycles. The van der Waals surface area contributed by atoms with Crippen molar-refractivity contribution in [3.05, 3.63) is 42.4 Å². The molecule has 0 unspecified atom stereocenters. The molecule has 1 fully saturated rings. The van der Waals surface area contributed by atoms with Crippen molar-refractivity contribution < 1.29 is 9.32 Å². The molecule has 1 aliphatic rings. The Labute approximate surface area is 150 Å². The summed E-state index contributed by atoms with van der Waals surface area (Å²) in [5.74, 6) is 1.82. The number of hydrogen-bond acceptors (Lipinski definition) is 6. The van der Waals surface area contributed by atoms with Gasteiger partial charge in [-0.3, -0.25) is 9.36 Å². The van der Waals surface area contributed by atoms with Gasteiger partial charge in [0.15, 0.2) is 5.82 Å². The second-order valence-electron chi connectivity index (χ2n) is 6.34. The maximum absolute atomic E-state index is 12.4. The highest BCUT2D eigenvalue weighted by Gasteiger charge is 2.21. The van der Waals surface area contributed by atoms with E-state index in [9.17, 15) is 4.79 Å². The Kier molecular flexibility index (Phi) is 4.47. The van der Waals surface area contributed by atoms with Gasteiger partial charge in [-0.2, -0.15) is 4.98 Å². The zero-order valence-electron chi connectivity index (χ0n) is 14.6.